The second-order valence-electron chi connectivity index (χ2n) is 7.48. The van der Waals surface area contributed by atoms with Crippen LogP contribution in [0.1, 0.15) is 17.5 Å². The molecule has 8 heteroatoms. The van der Waals surface area contributed by atoms with Crippen molar-refractivity contribution >= 4 is 35.8 Å². The Morgan fingerprint density at radius 2 is 2.00 bits per heavy atom. The van der Waals surface area contributed by atoms with Crippen LogP contribution >= 0.6 is 0 Å². The first kappa shape index (κ1) is 20.1. The van der Waals surface area contributed by atoms with Gasteiger partial charge in [0.15, 0.2) is 0 Å². The zero-order chi connectivity index (χ0) is 21.1. The third kappa shape index (κ3) is 4.50. The molecule has 0 aromatic heterocycles. The Morgan fingerprint density at radius 3 is 2.77 bits per heavy atom. The number of amides is 2. The van der Waals surface area contributed by atoms with Crippen LogP contribution < -0.4 is 16.1 Å². The fourth-order valence-corrected chi connectivity index (χ4v) is 3.66. The van der Waals surface area contributed by atoms with E-state index in [9.17, 15) is 19.6 Å². The van der Waals surface area contributed by atoms with Gasteiger partial charge in [-0.1, -0.05) is 42.5 Å². The molecule has 30 heavy (non-hydrogen) atoms. The summed E-state index contributed by atoms with van der Waals surface area (Å²) in [4.78, 5) is 29.7. The van der Waals surface area contributed by atoms with Crippen LogP contribution in [-0.4, -0.2) is 47.3 Å². The second-order valence-corrected chi connectivity index (χ2v) is 7.48. The Bertz CT molecular complexity index is 1030. The molecule has 2 aliphatic rings. The zero-order valence-corrected chi connectivity index (χ0v) is 16.3. The number of nitrogens with one attached hydrogen (secondary N) is 2. The summed E-state index contributed by atoms with van der Waals surface area (Å²) in [5.74, 6) is -0.616. The maximum absolute atomic E-state index is 12.7. The van der Waals surface area contributed by atoms with Crippen molar-refractivity contribution < 1.29 is 19.6 Å². The smallest absolute Gasteiger partial charge is 0.423 e. The number of rotatable bonds is 5. The van der Waals surface area contributed by atoms with Gasteiger partial charge in [0.25, 0.3) is 0 Å². The summed E-state index contributed by atoms with van der Waals surface area (Å²) in [6.45, 7) is 0.306. The number of hydrogen-bond donors (Lipinski definition) is 4. The summed E-state index contributed by atoms with van der Waals surface area (Å²) >= 11 is 0. The minimum atomic E-state index is -1.61. The van der Waals surface area contributed by atoms with Gasteiger partial charge in [0.05, 0.1) is 6.54 Å². The van der Waals surface area contributed by atoms with Crippen LogP contribution in [0.5, 0.6) is 0 Å². The first-order chi connectivity index (χ1) is 14.5. The summed E-state index contributed by atoms with van der Waals surface area (Å²) in [5.41, 5.74) is 4.24. The number of fused-ring (bicyclic) bond motifs is 1. The Balaban J connectivity index is 1.39. The number of hydrogen-bond acceptors (Lipinski definition) is 5. The first-order valence-electron chi connectivity index (χ1n) is 9.88. The van der Waals surface area contributed by atoms with Crippen LogP contribution in [0.2, 0.25) is 0 Å². The van der Waals surface area contributed by atoms with E-state index >= 15 is 0 Å². The van der Waals surface area contributed by atoms with Gasteiger partial charge in [-0.05, 0) is 41.6 Å². The molecular formula is C22H22BN3O4. The van der Waals surface area contributed by atoms with Crippen molar-refractivity contribution in [3.63, 3.8) is 0 Å². The van der Waals surface area contributed by atoms with Crippen LogP contribution in [0, 0.1) is 0 Å². The van der Waals surface area contributed by atoms with Gasteiger partial charge in [-0.3, -0.25) is 14.6 Å². The van der Waals surface area contributed by atoms with Crippen molar-refractivity contribution in [3.05, 3.63) is 71.3 Å². The molecule has 2 heterocycles. The average Bonchev–Trinajstić information content (AvgIpc) is 3.14. The van der Waals surface area contributed by atoms with Crippen LogP contribution in [0.3, 0.4) is 0 Å². The third-order valence-electron chi connectivity index (χ3n) is 5.33. The van der Waals surface area contributed by atoms with Crippen molar-refractivity contribution in [1.82, 2.24) is 5.32 Å². The first-order valence-corrected chi connectivity index (χ1v) is 9.88. The molecule has 0 radical (unpaired) electrons. The van der Waals surface area contributed by atoms with Crippen LogP contribution in [-0.2, 0) is 22.4 Å². The van der Waals surface area contributed by atoms with Gasteiger partial charge < -0.3 is 20.7 Å². The summed E-state index contributed by atoms with van der Waals surface area (Å²) in [6, 6.07) is 14.2. The van der Waals surface area contributed by atoms with Gasteiger partial charge in [0, 0.05) is 23.4 Å². The Morgan fingerprint density at radius 1 is 1.20 bits per heavy atom. The molecular weight excluding hydrogens is 381 g/mol. The summed E-state index contributed by atoms with van der Waals surface area (Å²) in [6.07, 6.45) is 3.49. The highest BCUT2D eigenvalue weighted by atomic mass is 16.4. The SMILES string of the molecule is O=C(N[C@H]1CCc2ccc(B(O)O)cc2NC1=O)C1=CC(Cc2ccccc2)=NC1. The van der Waals surface area contributed by atoms with Gasteiger partial charge in [-0.25, -0.2) is 0 Å². The standard InChI is InChI=1S/C22H22BN3O4/c27-21(16-11-18(24-13-16)10-14-4-2-1-3-5-14)25-19-9-7-15-6-8-17(23(29)30)12-20(15)26-22(19)28/h1-6,8,11-12,19,29-30H,7,9-10,13H2,(H,25,27)(H,26,28)/t19-/m0/s1. The number of nitrogens with zero attached hydrogens (tertiary/aromatic N) is 1. The summed E-state index contributed by atoms with van der Waals surface area (Å²) in [5, 5.41) is 24.3. The van der Waals surface area contributed by atoms with Crippen molar-refractivity contribution in [2.45, 2.75) is 25.3 Å². The van der Waals surface area contributed by atoms with E-state index in [1.165, 1.54) is 0 Å². The predicted molar refractivity (Wildman–Crippen MR) is 116 cm³/mol. The largest absolute Gasteiger partial charge is 0.488 e. The maximum atomic E-state index is 12.7. The fourth-order valence-electron chi connectivity index (χ4n) is 3.66. The molecule has 0 bridgehead atoms. The molecule has 2 aliphatic heterocycles. The Kier molecular flexibility index (Phi) is 5.78. The van der Waals surface area contributed by atoms with Crippen molar-refractivity contribution in [2.24, 2.45) is 4.99 Å². The number of carbonyl (C=O) groups is 2. The maximum Gasteiger partial charge on any atom is 0.488 e. The lowest BCUT2D eigenvalue weighted by Gasteiger charge is -2.15. The van der Waals surface area contributed by atoms with E-state index in [0.717, 1.165) is 16.8 Å². The Hall–Kier alpha value is -3.23. The molecule has 1 atom stereocenters. The lowest BCUT2D eigenvalue weighted by molar-refractivity contribution is -0.124. The molecule has 0 unspecified atom stereocenters. The molecule has 2 amide bonds. The van der Waals surface area contributed by atoms with Gasteiger partial charge >= 0.3 is 7.12 Å². The molecule has 4 rings (SSSR count). The molecule has 152 valence electrons. The number of allylic oxidation sites excluding steroid dienone is 1. The van der Waals surface area contributed by atoms with Gasteiger partial charge in [-0.15, -0.1) is 0 Å². The second kappa shape index (κ2) is 8.65. The van der Waals surface area contributed by atoms with Crippen molar-refractivity contribution in [3.8, 4) is 0 Å². The Labute approximate surface area is 174 Å². The van der Waals surface area contributed by atoms with E-state index in [4.69, 9.17) is 0 Å². The highest BCUT2D eigenvalue weighted by Crippen LogP contribution is 2.21. The molecule has 2 aromatic rings. The minimum Gasteiger partial charge on any atom is -0.423 e. The van der Waals surface area contributed by atoms with Crippen LogP contribution in [0.25, 0.3) is 0 Å². The predicted octanol–water partition coefficient (Wildman–Crippen LogP) is 0.360. The quantitative estimate of drug-likeness (QED) is 0.541. The number of carbonyl (C=O) groups excluding carboxylic acids is 2. The van der Waals surface area contributed by atoms with E-state index < -0.39 is 13.2 Å². The molecule has 2 aromatic carbocycles. The lowest BCUT2D eigenvalue weighted by Crippen LogP contribution is -2.44. The highest BCUT2D eigenvalue weighted by Gasteiger charge is 2.27. The van der Waals surface area contributed by atoms with Gasteiger partial charge in [0.1, 0.15) is 6.04 Å². The number of aryl methyl sites for hydroxylation is 1. The molecule has 0 spiro atoms. The van der Waals surface area contributed by atoms with Crippen molar-refractivity contribution in [2.75, 3.05) is 11.9 Å². The van der Waals surface area contributed by atoms with E-state index in [1.54, 1.807) is 24.3 Å². The third-order valence-corrected chi connectivity index (χ3v) is 5.33. The number of aliphatic imine (C=N–C) groups is 1. The normalized spacial score (nSPS) is 17.9. The summed E-state index contributed by atoms with van der Waals surface area (Å²) in [7, 11) is -1.61. The van der Waals surface area contributed by atoms with Gasteiger partial charge in [-0.2, -0.15) is 0 Å². The van der Waals surface area contributed by atoms with E-state index in [1.807, 2.05) is 30.3 Å². The molecule has 0 aliphatic carbocycles. The lowest BCUT2D eigenvalue weighted by atomic mass is 9.79. The van der Waals surface area contributed by atoms with Crippen LogP contribution in [0.4, 0.5) is 5.69 Å². The van der Waals surface area contributed by atoms with Crippen molar-refractivity contribution in [1.29, 1.82) is 0 Å². The monoisotopic (exact) mass is 403 g/mol. The average molecular weight is 403 g/mol. The molecule has 0 fully saturated rings. The van der Waals surface area contributed by atoms with E-state index in [2.05, 4.69) is 15.6 Å². The zero-order valence-electron chi connectivity index (χ0n) is 16.3. The van der Waals surface area contributed by atoms with E-state index in [0.29, 0.717) is 42.5 Å². The topological polar surface area (TPSA) is 111 Å². The van der Waals surface area contributed by atoms with Gasteiger partial charge in [0.2, 0.25) is 11.8 Å². The number of benzene rings is 2. The molecule has 4 N–H and O–H groups in total. The molecule has 7 nitrogen and oxygen atoms in total. The highest BCUT2D eigenvalue weighted by molar-refractivity contribution is 6.58. The summed E-state index contributed by atoms with van der Waals surface area (Å²) < 4.78 is 0. The number of anilines is 1. The van der Waals surface area contributed by atoms with Crippen LogP contribution in [0.15, 0.2) is 65.2 Å². The minimum absolute atomic E-state index is 0.292. The van der Waals surface area contributed by atoms with E-state index in [-0.39, 0.29) is 11.8 Å². The fraction of sp³-hybridized carbons (Fsp3) is 0.227. The molecule has 0 saturated heterocycles. The molecule has 0 saturated carbocycles.